The number of aromatic nitrogens is 1. The van der Waals surface area contributed by atoms with Crippen molar-refractivity contribution in [1.82, 2.24) is 15.2 Å². The van der Waals surface area contributed by atoms with Gasteiger partial charge in [0.1, 0.15) is 5.82 Å². The number of thiophene rings is 1. The van der Waals surface area contributed by atoms with Gasteiger partial charge in [-0.05, 0) is 80.4 Å². The van der Waals surface area contributed by atoms with Gasteiger partial charge in [-0.2, -0.15) is 0 Å². The van der Waals surface area contributed by atoms with E-state index in [1.54, 1.807) is 17.4 Å². The fraction of sp³-hybridized carbons (Fsp3) is 0.355. The lowest BCUT2D eigenvalue weighted by molar-refractivity contribution is 0.0737. The zero-order chi connectivity index (χ0) is 26.1. The minimum absolute atomic E-state index is 0.167. The zero-order valence-corrected chi connectivity index (χ0v) is 22.3. The lowest BCUT2D eigenvalue weighted by Crippen LogP contribution is -2.32. The Morgan fingerprint density at radius 1 is 1.16 bits per heavy atom. The average Bonchev–Trinajstić information content (AvgIpc) is 3.45. The molecule has 0 radical (unpaired) electrons. The molecule has 0 unspecified atom stereocenters. The standard InChI is InChI=1S/C31H32FN3O2S/c1-35-15-5-9-23(35)18-37-19-25-28(24-10-2-3-11-26(24)33-30(25)27-12-6-16-38-27)31(36)34-29(20-13-14-20)21-7-4-8-22(32)17-21/h2-4,6-8,10-12,16-17,20,23,29H,5,9,13-15,18-19H2,1H3,(H,34,36)/t23-,29-/m0/s1. The molecular formula is C31H32FN3O2S. The lowest BCUT2D eigenvalue weighted by atomic mass is 9.97. The molecule has 2 atom stereocenters. The van der Waals surface area contributed by atoms with E-state index in [2.05, 4.69) is 17.3 Å². The summed E-state index contributed by atoms with van der Waals surface area (Å²) < 4.78 is 20.4. The fourth-order valence-corrected chi connectivity index (χ4v) is 6.31. The number of nitrogens with zero attached hydrogens (tertiary/aromatic N) is 2. The summed E-state index contributed by atoms with van der Waals surface area (Å²) in [5, 5.41) is 6.12. The van der Waals surface area contributed by atoms with Crippen molar-refractivity contribution in [3.8, 4) is 10.6 Å². The molecule has 1 N–H and O–H groups in total. The number of hydrogen-bond acceptors (Lipinski definition) is 5. The normalized spacial score (nSPS) is 18.6. The maximum atomic E-state index is 14.2. The Kier molecular flexibility index (Phi) is 7.24. The molecule has 0 bridgehead atoms. The quantitative estimate of drug-likeness (QED) is 0.266. The molecule has 5 nitrogen and oxygen atoms in total. The van der Waals surface area contributed by atoms with Crippen molar-refractivity contribution in [2.45, 2.75) is 44.4 Å². The van der Waals surface area contributed by atoms with Crippen molar-refractivity contribution in [1.29, 1.82) is 0 Å². The monoisotopic (exact) mass is 529 g/mol. The van der Waals surface area contributed by atoms with Crippen molar-refractivity contribution in [3.63, 3.8) is 0 Å². The molecule has 2 fully saturated rings. The molecule has 3 heterocycles. The second kappa shape index (κ2) is 10.9. The molecule has 0 spiro atoms. The van der Waals surface area contributed by atoms with Gasteiger partial charge in [0.05, 0.1) is 40.9 Å². The molecule has 38 heavy (non-hydrogen) atoms. The molecule has 7 heteroatoms. The maximum Gasteiger partial charge on any atom is 0.252 e. The van der Waals surface area contributed by atoms with Crippen molar-refractivity contribution < 1.29 is 13.9 Å². The number of pyridine rings is 1. The smallest absolute Gasteiger partial charge is 0.252 e. The van der Waals surface area contributed by atoms with Crippen molar-refractivity contribution in [3.05, 3.63) is 88.6 Å². The minimum atomic E-state index is -0.289. The molecular weight excluding hydrogens is 497 g/mol. The first-order valence-corrected chi connectivity index (χ1v) is 14.3. The number of carbonyl (C=O) groups excluding carboxylic acids is 1. The SMILES string of the molecule is CN1CCC[C@H]1COCc1c(-c2cccs2)nc2ccccc2c1C(=O)N[C@H](c1cccc(F)c1)C1CC1. The molecule has 1 amide bonds. The average molecular weight is 530 g/mol. The Bertz CT molecular complexity index is 1440. The van der Waals surface area contributed by atoms with Gasteiger partial charge in [-0.1, -0.05) is 36.4 Å². The van der Waals surface area contributed by atoms with Gasteiger partial charge in [-0.25, -0.2) is 9.37 Å². The van der Waals surface area contributed by atoms with Crippen LogP contribution in [0.5, 0.6) is 0 Å². The van der Waals surface area contributed by atoms with Crippen LogP contribution < -0.4 is 5.32 Å². The van der Waals surface area contributed by atoms with Crippen LogP contribution >= 0.6 is 11.3 Å². The highest BCUT2D eigenvalue weighted by molar-refractivity contribution is 7.13. The van der Waals surface area contributed by atoms with Crippen LogP contribution in [-0.4, -0.2) is 42.0 Å². The van der Waals surface area contributed by atoms with Crippen LogP contribution in [0, 0.1) is 11.7 Å². The van der Waals surface area contributed by atoms with Crippen molar-refractivity contribution in [2.75, 3.05) is 20.2 Å². The van der Waals surface area contributed by atoms with Crippen LogP contribution in [0.1, 0.15) is 53.2 Å². The van der Waals surface area contributed by atoms with E-state index < -0.39 is 0 Å². The molecule has 2 aromatic heterocycles. The van der Waals surface area contributed by atoms with Crippen LogP contribution in [0.4, 0.5) is 4.39 Å². The van der Waals surface area contributed by atoms with Gasteiger partial charge in [-0.3, -0.25) is 4.79 Å². The number of carbonyl (C=O) groups is 1. The summed E-state index contributed by atoms with van der Waals surface area (Å²) in [7, 11) is 2.14. The number of halogens is 1. The summed E-state index contributed by atoms with van der Waals surface area (Å²) in [6, 6.07) is 18.6. The number of nitrogens with one attached hydrogen (secondary N) is 1. The molecule has 1 aliphatic heterocycles. The largest absolute Gasteiger partial charge is 0.375 e. The number of likely N-dealkylation sites (tertiary alicyclic amines) is 1. The van der Waals surface area contributed by atoms with Crippen LogP contribution in [0.2, 0.25) is 0 Å². The van der Waals surface area contributed by atoms with E-state index in [1.165, 1.54) is 18.6 Å². The van der Waals surface area contributed by atoms with Crippen LogP contribution in [-0.2, 0) is 11.3 Å². The molecule has 1 aliphatic carbocycles. The summed E-state index contributed by atoms with van der Waals surface area (Å²) >= 11 is 1.61. The van der Waals surface area contributed by atoms with Gasteiger partial charge in [0.15, 0.2) is 0 Å². The Morgan fingerprint density at radius 2 is 2.03 bits per heavy atom. The third-order valence-electron chi connectivity index (χ3n) is 7.79. The van der Waals surface area contributed by atoms with E-state index in [1.807, 2.05) is 47.8 Å². The maximum absolute atomic E-state index is 14.2. The zero-order valence-electron chi connectivity index (χ0n) is 21.5. The number of fused-ring (bicyclic) bond motifs is 1. The van der Waals surface area contributed by atoms with Crippen LogP contribution in [0.25, 0.3) is 21.5 Å². The second-order valence-corrected chi connectivity index (χ2v) is 11.4. The first-order valence-electron chi connectivity index (χ1n) is 13.4. The Hall–Kier alpha value is -3.13. The number of ether oxygens (including phenoxy) is 1. The minimum Gasteiger partial charge on any atom is -0.375 e. The predicted octanol–water partition coefficient (Wildman–Crippen LogP) is 6.59. The highest BCUT2D eigenvalue weighted by Crippen LogP contribution is 2.42. The predicted molar refractivity (Wildman–Crippen MR) is 150 cm³/mol. The number of hydrogen-bond donors (Lipinski definition) is 1. The summed E-state index contributed by atoms with van der Waals surface area (Å²) in [6.07, 6.45) is 4.33. The second-order valence-electron chi connectivity index (χ2n) is 10.4. The number of benzene rings is 2. The van der Waals surface area contributed by atoms with E-state index in [9.17, 15) is 9.18 Å². The summed E-state index contributed by atoms with van der Waals surface area (Å²) in [6.45, 7) is 2.00. The molecule has 6 rings (SSSR count). The first kappa shape index (κ1) is 25.2. The summed E-state index contributed by atoms with van der Waals surface area (Å²) in [5.74, 6) is -0.148. The number of amides is 1. The Balaban J connectivity index is 1.40. The van der Waals surface area contributed by atoms with Crippen LogP contribution in [0.15, 0.2) is 66.0 Å². The third kappa shape index (κ3) is 5.23. The highest BCUT2D eigenvalue weighted by Gasteiger charge is 2.35. The van der Waals surface area contributed by atoms with Gasteiger partial charge in [0, 0.05) is 17.0 Å². The number of likely N-dealkylation sites (N-methyl/N-ethyl adjacent to an activating group) is 1. The van der Waals surface area contributed by atoms with E-state index in [0.717, 1.165) is 58.4 Å². The molecule has 1 saturated heterocycles. The van der Waals surface area contributed by atoms with Crippen molar-refractivity contribution >= 4 is 28.1 Å². The van der Waals surface area contributed by atoms with Gasteiger partial charge >= 0.3 is 0 Å². The molecule has 196 valence electrons. The summed E-state index contributed by atoms with van der Waals surface area (Å²) in [5.41, 5.74) is 3.77. The van der Waals surface area contributed by atoms with Gasteiger partial charge in [0.25, 0.3) is 5.91 Å². The lowest BCUT2D eigenvalue weighted by Gasteiger charge is -2.23. The van der Waals surface area contributed by atoms with E-state index in [-0.39, 0.29) is 17.8 Å². The summed E-state index contributed by atoms with van der Waals surface area (Å²) in [4.78, 5) is 22.5. The molecule has 1 saturated carbocycles. The number of rotatable bonds is 9. The molecule has 2 aliphatic rings. The Labute approximate surface area is 226 Å². The van der Waals surface area contributed by atoms with Gasteiger partial charge < -0.3 is 15.0 Å². The third-order valence-corrected chi connectivity index (χ3v) is 8.67. The van der Waals surface area contributed by atoms with Crippen LogP contribution in [0.3, 0.4) is 0 Å². The van der Waals surface area contributed by atoms with Gasteiger partial charge in [0.2, 0.25) is 0 Å². The highest BCUT2D eigenvalue weighted by atomic mass is 32.1. The molecule has 4 aromatic rings. The first-order chi connectivity index (χ1) is 18.6. The van der Waals surface area contributed by atoms with E-state index in [4.69, 9.17) is 9.72 Å². The fourth-order valence-electron chi connectivity index (χ4n) is 5.57. The van der Waals surface area contributed by atoms with E-state index >= 15 is 0 Å². The van der Waals surface area contributed by atoms with Crippen molar-refractivity contribution in [2.24, 2.45) is 5.92 Å². The Morgan fingerprint density at radius 3 is 2.76 bits per heavy atom. The topological polar surface area (TPSA) is 54.5 Å². The number of para-hydroxylation sites is 1. The van der Waals surface area contributed by atoms with Gasteiger partial charge in [-0.15, -0.1) is 11.3 Å². The van der Waals surface area contributed by atoms with E-state index in [0.29, 0.717) is 30.7 Å². The molecule has 2 aromatic carbocycles.